The van der Waals surface area contributed by atoms with Crippen LogP contribution in [0.4, 0.5) is 5.69 Å². The molecule has 0 saturated carbocycles. The highest BCUT2D eigenvalue weighted by atomic mass is 16.2. The Morgan fingerprint density at radius 1 is 1.43 bits per heavy atom. The Labute approximate surface area is 125 Å². The Morgan fingerprint density at radius 3 is 2.67 bits per heavy atom. The standard InChI is InChI=1S/C14H24N6O/c1-9(2)13-16-8-11(19-15)12(18-13)14(21)17-10-4-6-20(3)7-5-10/h8-10,19H,4-7,15H2,1-3H3,(H,17,21). The van der Waals surface area contributed by atoms with Gasteiger partial charge in [-0.2, -0.15) is 0 Å². The van der Waals surface area contributed by atoms with Gasteiger partial charge in [-0.25, -0.2) is 9.97 Å². The Kier molecular flexibility index (Phi) is 5.08. The van der Waals surface area contributed by atoms with E-state index in [9.17, 15) is 4.79 Å². The average Bonchev–Trinajstić information content (AvgIpc) is 2.48. The number of carbonyl (C=O) groups excluding carboxylic acids is 1. The number of nitrogens with two attached hydrogens (primary N) is 1. The number of carbonyl (C=O) groups is 1. The van der Waals surface area contributed by atoms with Gasteiger partial charge in [0.2, 0.25) is 0 Å². The highest BCUT2D eigenvalue weighted by Crippen LogP contribution is 2.16. The zero-order valence-corrected chi connectivity index (χ0v) is 12.9. The van der Waals surface area contributed by atoms with Gasteiger partial charge in [0.15, 0.2) is 5.69 Å². The van der Waals surface area contributed by atoms with E-state index in [2.05, 4.69) is 32.7 Å². The zero-order valence-electron chi connectivity index (χ0n) is 12.9. The first kappa shape index (κ1) is 15.7. The quantitative estimate of drug-likeness (QED) is 0.559. The molecule has 2 rings (SSSR count). The molecule has 7 nitrogen and oxygen atoms in total. The van der Waals surface area contributed by atoms with Crippen molar-refractivity contribution >= 4 is 11.6 Å². The lowest BCUT2D eigenvalue weighted by molar-refractivity contribution is 0.0912. The maximum Gasteiger partial charge on any atom is 0.272 e. The molecule has 0 spiro atoms. The van der Waals surface area contributed by atoms with E-state index in [1.54, 1.807) is 6.20 Å². The molecule has 21 heavy (non-hydrogen) atoms. The Morgan fingerprint density at radius 2 is 2.10 bits per heavy atom. The molecule has 2 heterocycles. The second-order valence-corrected chi connectivity index (χ2v) is 5.84. The van der Waals surface area contributed by atoms with E-state index < -0.39 is 0 Å². The number of rotatable bonds is 4. The molecule has 0 aliphatic carbocycles. The van der Waals surface area contributed by atoms with Gasteiger partial charge in [0.1, 0.15) is 5.82 Å². The van der Waals surface area contributed by atoms with E-state index in [4.69, 9.17) is 5.84 Å². The minimum atomic E-state index is -0.193. The van der Waals surface area contributed by atoms with E-state index >= 15 is 0 Å². The summed E-state index contributed by atoms with van der Waals surface area (Å²) >= 11 is 0. The number of nitrogens with one attached hydrogen (secondary N) is 2. The minimum Gasteiger partial charge on any atom is -0.348 e. The number of anilines is 1. The third kappa shape index (κ3) is 3.89. The van der Waals surface area contributed by atoms with Gasteiger partial charge < -0.3 is 15.6 Å². The van der Waals surface area contributed by atoms with Crippen LogP contribution in [0.1, 0.15) is 48.9 Å². The predicted octanol–water partition coefficient (Wildman–Crippen LogP) is 0.710. The highest BCUT2D eigenvalue weighted by molar-refractivity contribution is 5.97. The maximum atomic E-state index is 12.4. The fourth-order valence-electron chi connectivity index (χ4n) is 2.36. The van der Waals surface area contributed by atoms with Crippen LogP contribution in [0, 0.1) is 0 Å². The van der Waals surface area contributed by atoms with Crippen molar-refractivity contribution in [3.8, 4) is 0 Å². The van der Waals surface area contributed by atoms with Gasteiger partial charge in [-0.3, -0.25) is 10.6 Å². The average molecular weight is 292 g/mol. The number of piperidine rings is 1. The van der Waals surface area contributed by atoms with Gasteiger partial charge >= 0.3 is 0 Å². The van der Waals surface area contributed by atoms with Gasteiger partial charge in [0, 0.05) is 12.0 Å². The Balaban J connectivity index is 2.12. The second-order valence-electron chi connectivity index (χ2n) is 5.84. The predicted molar refractivity (Wildman–Crippen MR) is 81.9 cm³/mol. The molecule has 7 heteroatoms. The van der Waals surface area contributed by atoms with Crippen LogP contribution in [0.15, 0.2) is 6.20 Å². The first-order valence-electron chi connectivity index (χ1n) is 7.34. The summed E-state index contributed by atoms with van der Waals surface area (Å²) in [6.07, 6.45) is 3.47. The van der Waals surface area contributed by atoms with Crippen LogP contribution >= 0.6 is 0 Å². The monoisotopic (exact) mass is 292 g/mol. The van der Waals surface area contributed by atoms with Gasteiger partial charge in [-0.15, -0.1) is 0 Å². The van der Waals surface area contributed by atoms with Gasteiger partial charge in [-0.1, -0.05) is 13.8 Å². The summed E-state index contributed by atoms with van der Waals surface area (Å²) in [5, 5.41) is 3.05. The van der Waals surface area contributed by atoms with E-state index in [1.807, 2.05) is 13.8 Å². The minimum absolute atomic E-state index is 0.159. The number of aromatic nitrogens is 2. The fraction of sp³-hybridized carbons (Fsp3) is 0.643. The van der Waals surface area contributed by atoms with E-state index in [0.29, 0.717) is 17.2 Å². The van der Waals surface area contributed by atoms with Crippen LogP contribution in [-0.2, 0) is 0 Å². The van der Waals surface area contributed by atoms with Crippen LogP contribution in [0.25, 0.3) is 0 Å². The number of likely N-dealkylation sites (tertiary alicyclic amines) is 1. The molecule has 1 aromatic rings. The summed E-state index contributed by atoms with van der Waals surface area (Å²) in [5.41, 5.74) is 3.26. The van der Waals surface area contributed by atoms with Crippen LogP contribution in [0.2, 0.25) is 0 Å². The maximum absolute atomic E-state index is 12.4. The fourth-order valence-corrected chi connectivity index (χ4v) is 2.36. The molecule has 1 amide bonds. The third-order valence-corrected chi connectivity index (χ3v) is 3.75. The van der Waals surface area contributed by atoms with Gasteiger partial charge in [0.05, 0.1) is 11.9 Å². The molecule has 0 bridgehead atoms. The van der Waals surface area contributed by atoms with Crippen molar-refractivity contribution in [1.82, 2.24) is 20.2 Å². The highest BCUT2D eigenvalue weighted by Gasteiger charge is 2.22. The largest absolute Gasteiger partial charge is 0.348 e. The molecular formula is C14H24N6O. The van der Waals surface area contributed by atoms with Crippen molar-refractivity contribution in [2.45, 2.75) is 38.6 Å². The number of hydrogen-bond acceptors (Lipinski definition) is 6. The second kappa shape index (κ2) is 6.82. The van der Waals surface area contributed by atoms with Crippen LogP contribution in [0.5, 0.6) is 0 Å². The zero-order chi connectivity index (χ0) is 15.4. The van der Waals surface area contributed by atoms with E-state index in [1.165, 1.54) is 0 Å². The topological polar surface area (TPSA) is 96.2 Å². The molecule has 116 valence electrons. The molecule has 1 aliphatic rings. The van der Waals surface area contributed by atoms with Crippen molar-refractivity contribution in [3.63, 3.8) is 0 Å². The molecule has 0 aromatic carbocycles. The number of hydrogen-bond donors (Lipinski definition) is 3. The third-order valence-electron chi connectivity index (χ3n) is 3.75. The van der Waals surface area contributed by atoms with Crippen molar-refractivity contribution in [2.75, 3.05) is 25.6 Å². The molecular weight excluding hydrogens is 268 g/mol. The van der Waals surface area contributed by atoms with E-state index in [0.717, 1.165) is 25.9 Å². The molecule has 1 aromatic heterocycles. The van der Waals surface area contributed by atoms with Gasteiger partial charge in [0.25, 0.3) is 5.91 Å². The lowest BCUT2D eigenvalue weighted by Crippen LogP contribution is -2.43. The lowest BCUT2D eigenvalue weighted by atomic mass is 10.1. The van der Waals surface area contributed by atoms with Crippen molar-refractivity contribution in [1.29, 1.82) is 0 Å². The SMILES string of the molecule is CC(C)c1ncc(NN)c(C(=O)NC2CCN(C)CC2)n1. The lowest BCUT2D eigenvalue weighted by Gasteiger charge is -2.29. The molecule has 1 aliphatic heterocycles. The Hall–Kier alpha value is -1.73. The van der Waals surface area contributed by atoms with Crippen LogP contribution in [-0.4, -0.2) is 47.0 Å². The summed E-state index contributed by atoms with van der Waals surface area (Å²) in [5.74, 6) is 6.06. The van der Waals surface area contributed by atoms with Crippen molar-refractivity contribution in [2.24, 2.45) is 5.84 Å². The van der Waals surface area contributed by atoms with Crippen molar-refractivity contribution < 1.29 is 4.79 Å². The number of amides is 1. The summed E-state index contributed by atoms with van der Waals surface area (Å²) in [7, 11) is 2.09. The van der Waals surface area contributed by atoms with E-state index in [-0.39, 0.29) is 17.9 Å². The molecule has 0 unspecified atom stereocenters. The van der Waals surface area contributed by atoms with Crippen LogP contribution < -0.4 is 16.6 Å². The van der Waals surface area contributed by atoms with Crippen LogP contribution in [0.3, 0.4) is 0 Å². The summed E-state index contributed by atoms with van der Waals surface area (Å²) in [4.78, 5) is 23.3. The number of hydrazine groups is 1. The molecule has 0 atom stereocenters. The molecule has 1 fully saturated rings. The Bertz CT molecular complexity index is 496. The summed E-state index contributed by atoms with van der Waals surface area (Å²) < 4.78 is 0. The first-order valence-corrected chi connectivity index (χ1v) is 7.34. The van der Waals surface area contributed by atoms with Crippen molar-refractivity contribution in [3.05, 3.63) is 17.7 Å². The number of nitrogens with zero attached hydrogens (tertiary/aromatic N) is 3. The normalized spacial score (nSPS) is 17.0. The summed E-state index contributed by atoms with van der Waals surface area (Å²) in [6.45, 7) is 5.97. The van der Waals surface area contributed by atoms with Gasteiger partial charge in [-0.05, 0) is 33.0 Å². The number of nitrogen functional groups attached to an aromatic ring is 1. The first-order chi connectivity index (χ1) is 10.0. The molecule has 4 N–H and O–H groups in total. The molecule has 0 radical (unpaired) electrons. The smallest absolute Gasteiger partial charge is 0.272 e. The molecule has 1 saturated heterocycles. The summed E-state index contributed by atoms with van der Waals surface area (Å²) in [6, 6.07) is 0.191.